The van der Waals surface area contributed by atoms with Crippen LogP contribution < -0.4 is 20.5 Å². The summed E-state index contributed by atoms with van der Waals surface area (Å²) in [6, 6.07) is 5.06. The van der Waals surface area contributed by atoms with E-state index in [-0.39, 0.29) is 5.91 Å². The molecule has 0 spiro atoms. The molecule has 3 rings (SSSR count). The van der Waals surface area contributed by atoms with Crippen LogP contribution in [0.5, 0.6) is 11.5 Å². The van der Waals surface area contributed by atoms with Crippen molar-refractivity contribution in [1.82, 2.24) is 4.90 Å². The number of para-hydroxylation sites is 1. The highest BCUT2D eigenvalue weighted by Gasteiger charge is 2.27. The number of ether oxygens (including phenoxy) is 2. The molecule has 1 aliphatic rings. The third kappa shape index (κ3) is 3.25. The lowest BCUT2D eigenvalue weighted by Gasteiger charge is -2.22. The van der Waals surface area contributed by atoms with Crippen LogP contribution in [0.3, 0.4) is 0 Å². The van der Waals surface area contributed by atoms with Gasteiger partial charge >= 0.3 is 0 Å². The summed E-state index contributed by atoms with van der Waals surface area (Å²) < 4.78 is 10.6. The molecule has 0 radical (unpaired) electrons. The quantitative estimate of drug-likeness (QED) is 0.835. The van der Waals surface area contributed by atoms with Gasteiger partial charge in [-0.05, 0) is 31.2 Å². The number of nitrogens with two attached hydrogens (primary N) is 1. The summed E-state index contributed by atoms with van der Waals surface area (Å²) in [6.07, 6.45) is 0.735. The number of rotatable bonds is 5. The Hall–Kier alpha value is -2.58. The number of thiophene rings is 1. The standard InChI is InChI=1S/C18H21N3O4S/c1-21-8-7-10-13(9-21)26-18(14(10)16(19)22)20-17(23)11-5-4-6-12(24-2)15(11)25-3/h4-6H,7-9H2,1-3H3,(H2,19,22)(H,20,23). The van der Waals surface area contributed by atoms with E-state index in [9.17, 15) is 9.59 Å². The lowest BCUT2D eigenvalue weighted by Crippen LogP contribution is -2.27. The van der Waals surface area contributed by atoms with Crippen LogP contribution in [0.25, 0.3) is 0 Å². The average molecular weight is 375 g/mol. The molecule has 138 valence electrons. The fourth-order valence-electron chi connectivity index (χ4n) is 3.12. The van der Waals surface area contributed by atoms with Crippen LogP contribution in [0, 0.1) is 0 Å². The molecule has 0 saturated carbocycles. The van der Waals surface area contributed by atoms with E-state index in [0.29, 0.717) is 27.6 Å². The Bertz CT molecular complexity index is 862. The molecule has 1 aromatic heterocycles. The largest absolute Gasteiger partial charge is 0.493 e. The van der Waals surface area contributed by atoms with Gasteiger partial charge in [0.1, 0.15) is 5.00 Å². The predicted molar refractivity (Wildman–Crippen MR) is 100 cm³/mol. The molecular formula is C18H21N3O4S. The molecular weight excluding hydrogens is 354 g/mol. The summed E-state index contributed by atoms with van der Waals surface area (Å²) in [4.78, 5) is 28.0. The van der Waals surface area contributed by atoms with E-state index in [2.05, 4.69) is 10.2 Å². The number of likely N-dealkylation sites (N-methyl/N-ethyl adjacent to an activating group) is 1. The Morgan fingerprint density at radius 2 is 2.04 bits per heavy atom. The zero-order valence-electron chi connectivity index (χ0n) is 14.9. The van der Waals surface area contributed by atoms with E-state index in [1.54, 1.807) is 18.2 Å². The number of nitrogens with one attached hydrogen (secondary N) is 1. The van der Waals surface area contributed by atoms with Crippen LogP contribution in [-0.4, -0.2) is 44.5 Å². The van der Waals surface area contributed by atoms with Crippen molar-refractivity contribution in [1.29, 1.82) is 0 Å². The van der Waals surface area contributed by atoms with Crippen LogP contribution in [0.15, 0.2) is 18.2 Å². The average Bonchev–Trinajstić information content (AvgIpc) is 2.97. The van der Waals surface area contributed by atoms with Crippen LogP contribution in [-0.2, 0) is 13.0 Å². The van der Waals surface area contributed by atoms with Crippen molar-refractivity contribution in [3.63, 3.8) is 0 Å². The van der Waals surface area contributed by atoms with E-state index in [1.165, 1.54) is 25.6 Å². The van der Waals surface area contributed by atoms with Crippen molar-refractivity contribution in [2.75, 3.05) is 33.1 Å². The maximum absolute atomic E-state index is 12.8. The molecule has 3 N–H and O–H groups in total. The van der Waals surface area contributed by atoms with Gasteiger partial charge in [0, 0.05) is 18.0 Å². The van der Waals surface area contributed by atoms with Crippen LogP contribution in [0.4, 0.5) is 5.00 Å². The molecule has 7 nitrogen and oxygen atoms in total. The molecule has 0 unspecified atom stereocenters. The van der Waals surface area contributed by atoms with E-state index < -0.39 is 5.91 Å². The molecule has 0 saturated heterocycles. The van der Waals surface area contributed by atoms with E-state index >= 15 is 0 Å². The summed E-state index contributed by atoms with van der Waals surface area (Å²) in [7, 11) is 5.00. The smallest absolute Gasteiger partial charge is 0.260 e. The Kier molecular flexibility index (Phi) is 5.15. The highest BCUT2D eigenvalue weighted by atomic mass is 32.1. The molecule has 8 heteroatoms. The summed E-state index contributed by atoms with van der Waals surface area (Å²) in [5.74, 6) is -0.105. The maximum Gasteiger partial charge on any atom is 0.260 e. The second-order valence-corrected chi connectivity index (χ2v) is 7.16. The van der Waals surface area contributed by atoms with E-state index in [4.69, 9.17) is 15.2 Å². The minimum atomic E-state index is -0.528. The number of primary amides is 1. The highest BCUT2D eigenvalue weighted by molar-refractivity contribution is 7.17. The third-order valence-corrected chi connectivity index (χ3v) is 5.50. The van der Waals surface area contributed by atoms with Gasteiger partial charge in [-0.25, -0.2) is 0 Å². The zero-order valence-corrected chi connectivity index (χ0v) is 15.7. The molecule has 1 aromatic carbocycles. The fraction of sp³-hybridized carbons (Fsp3) is 0.333. The number of nitrogens with zero attached hydrogens (tertiary/aromatic N) is 1. The highest BCUT2D eigenvalue weighted by Crippen LogP contribution is 2.38. The Balaban J connectivity index is 1.97. The first-order valence-corrected chi connectivity index (χ1v) is 8.93. The second kappa shape index (κ2) is 7.35. The van der Waals surface area contributed by atoms with Gasteiger partial charge in [0.2, 0.25) is 0 Å². The van der Waals surface area contributed by atoms with Crippen molar-refractivity contribution >= 4 is 28.2 Å². The molecule has 1 aliphatic heterocycles. The minimum absolute atomic E-state index is 0.325. The van der Waals surface area contributed by atoms with Crippen molar-refractivity contribution in [2.45, 2.75) is 13.0 Å². The lowest BCUT2D eigenvalue weighted by atomic mass is 10.0. The zero-order chi connectivity index (χ0) is 18.8. The predicted octanol–water partition coefficient (Wildman–Crippen LogP) is 2.10. The normalized spacial score (nSPS) is 13.8. The number of amides is 2. The van der Waals surface area contributed by atoms with Gasteiger partial charge < -0.3 is 25.4 Å². The molecule has 0 aliphatic carbocycles. The van der Waals surface area contributed by atoms with E-state index in [1.807, 2.05) is 7.05 Å². The van der Waals surface area contributed by atoms with Crippen LogP contribution in [0.1, 0.15) is 31.2 Å². The first-order chi connectivity index (χ1) is 12.5. The fourth-order valence-corrected chi connectivity index (χ4v) is 4.44. The number of carbonyl (C=O) groups excluding carboxylic acids is 2. The van der Waals surface area contributed by atoms with E-state index in [0.717, 1.165) is 30.0 Å². The summed E-state index contributed by atoms with van der Waals surface area (Å²) in [6.45, 7) is 1.58. The van der Waals surface area contributed by atoms with Gasteiger partial charge in [0.25, 0.3) is 11.8 Å². The third-order valence-electron chi connectivity index (χ3n) is 4.37. The van der Waals surface area contributed by atoms with Gasteiger partial charge in [-0.15, -0.1) is 11.3 Å². The number of anilines is 1. The van der Waals surface area contributed by atoms with Crippen molar-refractivity contribution in [3.05, 3.63) is 39.8 Å². The first-order valence-electron chi connectivity index (χ1n) is 8.11. The summed E-state index contributed by atoms with van der Waals surface area (Å²) >= 11 is 1.39. The number of benzene rings is 1. The summed E-state index contributed by atoms with van der Waals surface area (Å²) in [5.41, 5.74) is 7.27. The van der Waals surface area contributed by atoms with Crippen molar-refractivity contribution in [2.24, 2.45) is 5.73 Å². The molecule has 2 aromatic rings. The molecule has 2 heterocycles. The lowest BCUT2D eigenvalue weighted by molar-refractivity contribution is 0.1000. The number of fused-ring (bicyclic) bond motifs is 1. The number of carbonyl (C=O) groups is 2. The molecule has 2 amide bonds. The van der Waals surface area contributed by atoms with Crippen molar-refractivity contribution in [3.8, 4) is 11.5 Å². The van der Waals surface area contributed by atoms with Crippen LogP contribution >= 0.6 is 11.3 Å². The maximum atomic E-state index is 12.8. The minimum Gasteiger partial charge on any atom is -0.493 e. The second-order valence-electron chi connectivity index (χ2n) is 6.06. The number of methoxy groups -OCH3 is 2. The topological polar surface area (TPSA) is 93.9 Å². The van der Waals surface area contributed by atoms with Gasteiger partial charge in [-0.3, -0.25) is 9.59 Å². The molecule has 0 fully saturated rings. The van der Waals surface area contributed by atoms with Gasteiger partial charge in [-0.1, -0.05) is 6.07 Å². The SMILES string of the molecule is COc1cccc(C(=O)Nc2sc3c(c2C(N)=O)CCN(C)C3)c1OC. The van der Waals surface area contributed by atoms with Gasteiger partial charge in [0.15, 0.2) is 11.5 Å². The first kappa shape index (κ1) is 18.2. The molecule has 0 bridgehead atoms. The Morgan fingerprint density at radius 3 is 2.69 bits per heavy atom. The summed E-state index contributed by atoms with van der Waals surface area (Å²) in [5, 5.41) is 3.31. The van der Waals surface area contributed by atoms with Gasteiger partial charge in [0.05, 0.1) is 25.3 Å². The molecule has 26 heavy (non-hydrogen) atoms. The molecule has 0 atom stereocenters. The number of hydrogen-bond donors (Lipinski definition) is 2. The van der Waals surface area contributed by atoms with Crippen molar-refractivity contribution < 1.29 is 19.1 Å². The Morgan fingerprint density at radius 1 is 1.27 bits per heavy atom. The van der Waals surface area contributed by atoms with Gasteiger partial charge in [-0.2, -0.15) is 0 Å². The number of hydrogen-bond acceptors (Lipinski definition) is 6. The monoisotopic (exact) mass is 375 g/mol. The van der Waals surface area contributed by atoms with Crippen LogP contribution in [0.2, 0.25) is 0 Å². The Labute approximate surface area is 155 Å².